The zero-order valence-corrected chi connectivity index (χ0v) is 7.23. The Morgan fingerprint density at radius 1 is 1.40 bits per heavy atom. The minimum absolute atomic E-state index is 0.0914. The summed E-state index contributed by atoms with van der Waals surface area (Å²) in [5, 5.41) is 0. The highest BCUT2D eigenvalue weighted by Crippen LogP contribution is 2.23. The lowest BCUT2D eigenvalue weighted by molar-refractivity contribution is 0.612. The van der Waals surface area contributed by atoms with Gasteiger partial charge in [0, 0.05) is 10.4 Å². The normalized spacial score (nSPS) is 13.1. The number of halogens is 2. The minimum Gasteiger partial charge on any atom is -0.207 e. The van der Waals surface area contributed by atoms with E-state index in [0.717, 1.165) is 0 Å². The molecule has 0 N–H and O–H groups in total. The molecule has 0 fully saturated rings. The molecule has 0 aliphatic heterocycles. The van der Waals surface area contributed by atoms with Crippen LogP contribution in [0.1, 0.15) is 17.3 Å². The van der Waals surface area contributed by atoms with Gasteiger partial charge in [-0.2, -0.15) is 0 Å². The molecule has 0 radical (unpaired) electrons. The van der Waals surface area contributed by atoms with Crippen LogP contribution in [0.25, 0.3) is 0 Å². The van der Waals surface area contributed by atoms with Crippen LogP contribution < -0.4 is 0 Å². The van der Waals surface area contributed by atoms with Gasteiger partial charge >= 0.3 is 0 Å². The smallest absolute Gasteiger partial charge is 0.127 e. The molecule has 1 atom stereocenters. The first-order valence-corrected chi connectivity index (χ1v) is 4.02. The van der Waals surface area contributed by atoms with E-state index in [2.05, 4.69) is 15.9 Å². The zero-order valence-electron chi connectivity index (χ0n) is 5.64. The van der Waals surface area contributed by atoms with Crippen LogP contribution in [0.15, 0.2) is 24.3 Å². The molecule has 10 heavy (non-hydrogen) atoms. The molecular formula is C8H8BrF. The van der Waals surface area contributed by atoms with Crippen molar-refractivity contribution in [3.8, 4) is 0 Å². The third kappa shape index (κ3) is 1.57. The topological polar surface area (TPSA) is 0 Å². The van der Waals surface area contributed by atoms with Crippen LogP contribution in [-0.2, 0) is 0 Å². The second kappa shape index (κ2) is 3.15. The summed E-state index contributed by atoms with van der Waals surface area (Å²) in [5.41, 5.74) is 0.711. The van der Waals surface area contributed by atoms with Gasteiger partial charge in [-0.15, -0.1) is 0 Å². The van der Waals surface area contributed by atoms with Gasteiger partial charge in [0.1, 0.15) is 5.82 Å². The van der Waals surface area contributed by atoms with E-state index >= 15 is 0 Å². The maximum absolute atomic E-state index is 12.8. The first-order chi connectivity index (χ1) is 4.72. The Kier molecular flexibility index (Phi) is 2.44. The van der Waals surface area contributed by atoms with Crippen LogP contribution in [0.3, 0.4) is 0 Å². The van der Waals surface area contributed by atoms with E-state index in [1.807, 2.05) is 13.0 Å². The molecule has 1 aromatic carbocycles. The second-order valence-corrected chi connectivity index (χ2v) is 3.51. The SMILES string of the molecule is C[C@@H](Br)c1ccccc1F. The van der Waals surface area contributed by atoms with Gasteiger partial charge in [0.25, 0.3) is 0 Å². The molecule has 2 heteroatoms. The van der Waals surface area contributed by atoms with E-state index in [1.165, 1.54) is 6.07 Å². The molecule has 54 valence electrons. The Balaban J connectivity index is 3.03. The maximum atomic E-state index is 12.8. The van der Waals surface area contributed by atoms with Gasteiger partial charge in [0.2, 0.25) is 0 Å². The highest BCUT2D eigenvalue weighted by atomic mass is 79.9. The molecule has 1 aromatic rings. The van der Waals surface area contributed by atoms with Crippen LogP contribution in [0.5, 0.6) is 0 Å². The van der Waals surface area contributed by atoms with Gasteiger partial charge < -0.3 is 0 Å². The Morgan fingerprint density at radius 2 is 2.00 bits per heavy atom. The largest absolute Gasteiger partial charge is 0.207 e. The molecule has 1 rings (SSSR count). The lowest BCUT2D eigenvalue weighted by Gasteiger charge is -2.02. The summed E-state index contributed by atoms with van der Waals surface area (Å²) in [6.45, 7) is 1.90. The molecule has 0 bridgehead atoms. The van der Waals surface area contributed by atoms with E-state index in [0.29, 0.717) is 5.56 Å². The number of hydrogen-bond donors (Lipinski definition) is 0. The molecule has 0 aliphatic rings. The lowest BCUT2D eigenvalue weighted by Crippen LogP contribution is -1.87. The number of rotatable bonds is 1. The second-order valence-electron chi connectivity index (χ2n) is 2.14. The highest BCUT2D eigenvalue weighted by Gasteiger charge is 2.04. The summed E-state index contributed by atoms with van der Waals surface area (Å²) in [6, 6.07) is 6.76. The van der Waals surface area contributed by atoms with Gasteiger partial charge in [-0.3, -0.25) is 0 Å². The molecule has 0 aliphatic carbocycles. The van der Waals surface area contributed by atoms with Crippen molar-refractivity contribution in [1.29, 1.82) is 0 Å². The molecule has 0 heterocycles. The van der Waals surface area contributed by atoms with Gasteiger partial charge in [-0.05, 0) is 13.0 Å². The van der Waals surface area contributed by atoms with Crippen molar-refractivity contribution in [2.75, 3.05) is 0 Å². The molecule has 0 amide bonds. The Labute approximate surface area is 68.2 Å². The number of alkyl halides is 1. The maximum Gasteiger partial charge on any atom is 0.127 e. The standard InChI is InChI=1S/C8H8BrF/c1-6(9)7-4-2-3-5-8(7)10/h2-6H,1H3/t6-/m1/s1. The molecule has 0 saturated heterocycles. The average Bonchev–Trinajstić information content (AvgIpc) is 1.88. The first kappa shape index (κ1) is 7.73. The minimum atomic E-state index is -0.146. The molecule has 0 saturated carbocycles. The summed E-state index contributed by atoms with van der Waals surface area (Å²) in [5.74, 6) is -0.146. The van der Waals surface area contributed by atoms with Gasteiger partial charge in [-0.25, -0.2) is 4.39 Å². The third-order valence-electron chi connectivity index (χ3n) is 1.33. The Bertz CT molecular complexity index is 220. The fourth-order valence-corrected chi connectivity index (χ4v) is 1.17. The summed E-state index contributed by atoms with van der Waals surface area (Å²) in [7, 11) is 0. The Hall–Kier alpha value is -0.370. The lowest BCUT2D eigenvalue weighted by atomic mass is 10.2. The molecule has 0 unspecified atom stereocenters. The van der Waals surface area contributed by atoms with Crippen molar-refractivity contribution in [2.45, 2.75) is 11.8 Å². The van der Waals surface area contributed by atoms with E-state index in [-0.39, 0.29) is 10.6 Å². The monoisotopic (exact) mass is 202 g/mol. The van der Waals surface area contributed by atoms with Crippen LogP contribution in [-0.4, -0.2) is 0 Å². The average molecular weight is 203 g/mol. The van der Waals surface area contributed by atoms with E-state index in [9.17, 15) is 4.39 Å². The predicted molar refractivity (Wildman–Crippen MR) is 43.7 cm³/mol. The van der Waals surface area contributed by atoms with Crippen LogP contribution in [0, 0.1) is 5.82 Å². The molecule has 0 aromatic heterocycles. The van der Waals surface area contributed by atoms with Crippen LogP contribution in [0.2, 0.25) is 0 Å². The van der Waals surface area contributed by atoms with Gasteiger partial charge in [0.15, 0.2) is 0 Å². The number of benzene rings is 1. The van der Waals surface area contributed by atoms with E-state index in [4.69, 9.17) is 0 Å². The fraction of sp³-hybridized carbons (Fsp3) is 0.250. The van der Waals surface area contributed by atoms with Crippen LogP contribution in [0.4, 0.5) is 4.39 Å². The summed E-state index contributed by atoms with van der Waals surface area (Å²) >= 11 is 3.29. The zero-order chi connectivity index (χ0) is 7.56. The van der Waals surface area contributed by atoms with Crippen molar-refractivity contribution in [3.63, 3.8) is 0 Å². The quantitative estimate of drug-likeness (QED) is 0.614. The third-order valence-corrected chi connectivity index (χ3v) is 1.83. The van der Waals surface area contributed by atoms with Crippen molar-refractivity contribution in [2.24, 2.45) is 0 Å². The highest BCUT2D eigenvalue weighted by molar-refractivity contribution is 9.09. The fourth-order valence-electron chi connectivity index (χ4n) is 0.798. The number of hydrogen-bond acceptors (Lipinski definition) is 0. The van der Waals surface area contributed by atoms with Crippen LogP contribution >= 0.6 is 15.9 Å². The summed E-state index contributed by atoms with van der Waals surface area (Å²) in [4.78, 5) is 0.0914. The van der Waals surface area contributed by atoms with Crippen molar-refractivity contribution < 1.29 is 4.39 Å². The molecular weight excluding hydrogens is 195 g/mol. The molecule has 0 spiro atoms. The van der Waals surface area contributed by atoms with E-state index in [1.54, 1.807) is 12.1 Å². The predicted octanol–water partition coefficient (Wildman–Crippen LogP) is 3.28. The van der Waals surface area contributed by atoms with Crippen molar-refractivity contribution >= 4 is 15.9 Å². The van der Waals surface area contributed by atoms with Crippen molar-refractivity contribution in [1.82, 2.24) is 0 Å². The molecule has 0 nitrogen and oxygen atoms in total. The summed E-state index contributed by atoms with van der Waals surface area (Å²) < 4.78 is 12.8. The summed E-state index contributed by atoms with van der Waals surface area (Å²) in [6.07, 6.45) is 0. The van der Waals surface area contributed by atoms with Crippen molar-refractivity contribution in [3.05, 3.63) is 35.6 Å². The Morgan fingerprint density at radius 3 is 2.40 bits per heavy atom. The van der Waals surface area contributed by atoms with Gasteiger partial charge in [0.05, 0.1) is 0 Å². The first-order valence-electron chi connectivity index (χ1n) is 3.10. The van der Waals surface area contributed by atoms with E-state index < -0.39 is 0 Å². The van der Waals surface area contributed by atoms with Gasteiger partial charge in [-0.1, -0.05) is 34.1 Å².